The van der Waals surface area contributed by atoms with Gasteiger partial charge in [0.1, 0.15) is 0 Å². The molecule has 6 nitrogen and oxygen atoms in total. The van der Waals surface area contributed by atoms with E-state index in [1.165, 1.54) is 7.11 Å². The molecule has 0 unspecified atom stereocenters. The van der Waals surface area contributed by atoms with E-state index in [-0.39, 0.29) is 19.2 Å². The molecule has 0 aliphatic rings. The van der Waals surface area contributed by atoms with Gasteiger partial charge in [0, 0.05) is 25.3 Å². The van der Waals surface area contributed by atoms with Gasteiger partial charge in [0.25, 0.3) is 12.3 Å². The molecule has 1 aromatic carbocycles. The number of hydrogen-bond acceptors (Lipinski definition) is 4. The summed E-state index contributed by atoms with van der Waals surface area (Å²) < 4.78 is 33.0. The molecule has 0 fully saturated rings. The Kier molecular flexibility index (Phi) is 6.77. The highest BCUT2D eigenvalue weighted by molar-refractivity contribution is 6.06. The van der Waals surface area contributed by atoms with E-state index in [1.807, 2.05) is 45.0 Å². The van der Waals surface area contributed by atoms with Crippen molar-refractivity contribution in [3.63, 3.8) is 0 Å². The van der Waals surface area contributed by atoms with Crippen molar-refractivity contribution in [2.45, 2.75) is 33.2 Å². The Morgan fingerprint density at radius 3 is 2.63 bits per heavy atom. The maximum absolute atomic E-state index is 13.3. The Balaban J connectivity index is 2.19. The number of aromatic nitrogens is 3. The van der Waals surface area contributed by atoms with Gasteiger partial charge in [-0.1, -0.05) is 24.3 Å². The van der Waals surface area contributed by atoms with E-state index in [4.69, 9.17) is 9.72 Å². The number of fused-ring (bicyclic) bond motifs is 1. The Morgan fingerprint density at radius 2 is 2.00 bits per heavy atom. The van der Waals surface area contributed by atoms with Crippen molar-refractivity contribution < 1.29 is 18.3 Å². The Hall–Kier alpha value is -2.87. The third kappa shape index (κ3) is 4.48. The first-order chi connectivity index (χ1) is 14.3. The monoisotopic (exact) mass is 416 g/mol. The molecule has 0 aliphatic carbocycles. The molecule has 0 aliphatic heterocycles. The largest absolute Gasteiger partial charge is 0.383 e. The third-order valence-corrected chi connectivity index (χ3v) is 4.92. The molecule has 3 aromatic rings. The molecule has 0 radical (unpaired) electrons. The number of halogens is 2. The second-order valence-electron chi connectivity index (χ2n) is 7.43. The minimum absolute atomic E-state index is 0.0238. The van der Waals surface area contributed by atoms with Crippen molar-refractivity contribution in [1.82, 2.24) is 19.7 Å². The zero-order chi connectivity index (χ0) is 21.8. The van der Waals surface area contributed by atoms with E-state index in [0.29, 0.717) is 22.3 Å². The molecule has 2 aromatic heterocycles. The molecule has 0 saturated carbocycles. The van der Waals surface area contributed by atoms with Crippen molar-refractivity contribution in [3.05, 3.63) is 47.7 Å². The molecule has 0 N–H and O–H groups in total. The fourth-order valence-corrected chi connectivity index (χ4v) is 3.39. The summed E-state index contributed by atoms with van der Waals surface area (Å²) in [4.78, 5) is 19.2. The molecule has 0 atom stereocenters. The van der Waals surface area contributed by atoms with Crippen molar-refractivity contribution in [2.24, 2.45) is 0 Å². The summed E-state index contributed by atoms with van der Waals surface area (Å²) >= 11 is 0. The quantitative estimate of drug-likeness (QED) is 0.548. The van der Waals surface area contributed by atoms with Gasteiger partial charge in [-0.15, -0.1) is 0 Å². The first-order valence-electron chi connectivity index (χ1n) is 9.84. The normalized spacial score (nSPS) is 11.6. The third-order valence-electron chi connectivity index (χ3n) is 4.92. The summed E-state index contributed by atoms with van der Waals surface area (Å²) in [7, 11) is 1.47. The van der Waals surface area contributed by atoms with Gasteiger partial charge >= 0.3 is 0 Å². The summed E-state index contributed by atoms with van der Waals surface area (Å²) in [5.41, 5.74) is 3.35. The Bertz CT molecular complexity index is 1030. The average molecular weight is 416 g/mol. The van der Waals surface area contributed by atoms with Gasteiger partial charge in [-0.3, -0.25) is 4.79 Å². The summed E-state index contributed by atoms with van der Waals surface area (Å²) in [6.45, 7) is 5.48. The number of carbonyl (C=O) groups excluding carboxylic acids is 1. The number of hydrogen-bond donors (Lipinski definition) is 0. The zero-order valence-electron chi connectivity index (χ0n) is 17.6. The van der Waals surface area contributed by atoms with Crippen molar-refractivity contribution >= 4 is 16.9 Å². The first kappa shape index (κ1) is 21.8. The lowest BCUT2D eigenvalue weighted by atomic mass is 10.0. The first-order valence-corrected chi connectivity index (χ1v) is 9.84. The van der Waals surface area contributed by atoms with Gasteiger partial charge < -0.3 is 9.64 Å². The number of aryl methyl sites for hydroxylation is 1. The molecular formula is C22H26F2N4O2. The van der Waals surface area contributed by atoms with Crippen LogP contribution in [0.2, 0.25) is 0 Å². The predicted molar refractivity (Wildman–Crippen MR) is 112 cm³/mol. The van der Waals surface area contributed by atoms with E-state index in [9.17, 15) is 13.6 Å². The summed E-state index contributed by atoms with van der Waals surface area (Å²) in [5, 5.41) is 4.93. The second-order valence-corrected chi connectivity index (χ2v) is 7.43. The van der Waals surface area contributed by atoms with Crippen LogP contribution in [-0.2, 0) is 4.74 Å². The number of alkyl halides is 2. The highest BCUT2D eigenvalue weighted by Gasteiger charge is 2.24. The molecule has 2 heterocycles. The number of rotatable bonds is 8. The highest BCUT2D eigenvalue weighted by Crippen LogP contribution is 2.29. The molecule has 160 valence electrons. The Labute approximate surface area is 174 Å². The smallest absolute Gasteiger partial charge is 0.255 e. The number of nitrogens with zero attached hydrogens (tertiary/aromatic N) is 4. The van der Waals surface area contributed by atoms with E-state index in [0.717, 1.165) is 16.0 Å². The fourth-order valence-electron chi connectivity index (χ4n) is 3.39. The number of carbonyl (C=O) groups is 1. The molecule has 0 spiro atoms. The van der Waals surface area contributed by atoms with Gasteiger partial charge in [-0.2, -0.15) is 5.10 Å². The van der Waals surface area contributed by atoms with E-state index >= 15 is 0 Å². The number of ether oxygens (including phenoxy) is 1. The molecule has 3 rings (SSSR count). The van der Waals surface area contributed by atoms with Crippen molar-refractivity contribution in [3.8, 4) is 11.3 Å². The molecule has 8 heteroatoms. The van der Waals surface area contributed by atoms with Gasteiger partial charge in [-0.05, 0) is 32.4 Å². The van der Waals surface area contributed by atoms with Crippen LogP contribution in [0.4, 0.5) is 8.78 Å². The SMILES string of the molecule is COCCN(CC(F)F)C(=O)c1cc(-c2ccccc2C)nc2c1cnn2C(C)C. The lowest BCUT2D eigenvalue weighted by Crippen LogP contribution is -2.37. The molecular weight excluding hydrogens is 390 g/mol. The van der Waals surface area contributed by atoms with E-state index in [2.05, 4.69) is 5.10 Å². The second kappa shape index (κ2) is 9.30. The van der Waals surface area contributed by atoms with Crippen LogP contribution in [0, 0.1) is 6.92 Å². The van der Waals surface area contributed by atoms with Gasteiger partial charge in [0.15, 0.2) is 5.65 Å². The number of pyridine rings is 1. The number of amides is 1. The minimum atomic E-state index is -2.64. The maximum atomic E-state index is 13.3. The van der Waals surface area contributed by atoms with E-state index in [1.54, 1.807) is 16.9 Å². The average Bonchev–Trinajstić information content (AvgIpc) is 3.14. The lowest BCUT2D eigenvalue weighted by molar-refractivity contribution is 0.0479. The summed E-state index contributed by atoms with van der Waals surface area (Å²) in [6, 6.07) is 9.41. The van der Waals surface area contributed by atoms with Crippen LogP contribution in [-0.4, -0.2) is 58.8 Å². The minimum Gasteiger partial charge on any atom is -0.383 e. The fraction of sp³-hybridized carbons (Fsp3) is 0.409. The van der Waals surface area contributed by atoms with Crippen LogP contribution in [0.3, 0.4) is 0 Å². The van der Waals surface area contributed by atoms with Crippen LogP contribution >= 0.6 is 0 Å². The van der Waals surface area contributed by atoms with Crippen LogP contribution < -0.4 is 0 Å². The predicted octanol–water partition coefficient (Wildman–Crippen LogP) is 4.34. The highest BCUT2D eigenvalue weighted by atomic mass is 19.3. The molecule has 0 saturated heterocycles. The summed E-state index contributed by atoms with van der Waals surface area (Å²) in [6.07, 6.45) is -1.06. The lowest BCUT2D eigenvalue weighted by Gasteiger charge is -2.22. The number of methoxy groups -OCH3 is 1. The van der Waals surface area contributed by atoms with Crippen molar-refractivity contribution in [2.75, 3.05) is 26.8 Å². The molecule has 30 heavy (non-hydrogen) atoms. The van der Waals surface area contributed by atoms with E-state index < -0.39 is 18.9 Å². The summed E-state index contributed by atoms with van der Waals surface area (Å²) in [5.74, 6) is -0.488. The van der Waals surface area contributed by atoms with Gasteiger partial charge in [0.2, 0.25) is 0 Å². The molecule has 1 amide bonds. The zero-order valence-corrected chi connectivity index (χ0v) is 17.6. The molecule has 0 bridgehead atoms. The number of benzene rings is 1. The standard InChI is InChI=1S/C22H26F2N4O2/c1-14(2)28-21-18(12-25-28)17(22(29)27(9-10-30-4)13-20(23)24)11-19(26-21)16-8-6-5-7-15(16)3/h5-8,11-12,14,20H,9-10,13H2,1-4H3. The van der Waals surface area contributed by atoms with Crippen LogP contribution in [0.25, 0.3) is 22.3 Å². The topological polar surface area (TPSA) is 60.2 Å². The van der Waals surface area contributed by atoms with Crippen molar-refractivity contribution in [1.29, 1.82) is 0 Å². The Morgan fingerprint density at radius 1 is 1.27 bits per heavy atom. The van der Waals surface area contributed by atoms with Crippen LogP contribution in [0.1, 0.15) is 35.8 Å². The van der Waals surface area contributed by atoms with Crippen LogP contribution in [0.15, 0.2) is 36.5 Å². The van der Waals surface area contributed by atoms with Crippen LogP contribution in [0.5, 0.6) is 0 Å². The maximum Gasteiger partial charge on any atom is 0.255 e. The van der Waals surface area contributed by atoms with Gasteiger partial charge in [-0.25, -0.2) is 18.4 Å². The van der Waals surface area contributed by atoms with Gasteiger partial charge in [0.05, 0.1) is 36.0 Å².